The minimum absolute atomic E-state index is 0.0666. The number of benzene rings is 2. The summed E-state index contributed by atoms with van der Waals surface area (Å²) in [6.45, 7) is 1.30. The zero-order chi connectivity index (χ0) is 26.9. The first-order valence-corrected chi connectivity index (χ1v) is 12.7. The van der Waals surface area contributed by atoms with Crippen molar-refractivity contribution in [2.45, 2.75) is 24.9 Å². The normalized spacial score (nSPS) is 12.8. The summed E-state index contributed by atoms with van der Waals surface area (Å²) < 4.78 is 15.1. The zero-order valence-corrected chi connectivity index (χ0v) is 22.1. The lowest BCUT2D eigenvalue weighted by Crippen LogP contribution is -2.50. The number of aromatic nitrogens is 2. The number of nitrogens with zero attached hydrogens (tertiary/aromatic N) is 3. The molecule has 12 heteroatoms. The predicted octanol–water partition coefficient (Wildman–Crippen LogP) is 2.70. The molecule has 0 radical (unpaired) electrons. The highest BCUT2D eigenvalue weighted by Gasteiger charge is 2.27. The number of hydrogen-bond donors (Lipinski definition) is 2. The van der Waals surface area contributed by atoms with Gasteiger partial charge in [-0.05, 0) is 35.9 Å². The number of anilines is 1. The van der Waals surface area contributed by atoms with Crippen LogP contribution in [0.15, 0.2) is 42.5 Å². The number of alkyl halides is 2. The van der Waals surface area contributed by atoms with Gasteiger partial charge in [-0.25, -0.2) is 14.2 Å². The Balaban J connectivity index is 1.74. The molecule has 0 aliphatic rings. The van der Waals surface area contributed by atoms with Crippen molar-refractivity contribution in [2.75, 3.05) is 36.9 Å². The van der Waals surface area contributed by atoms with Gasteiger partial charge in [0.15, 0.2) is 0 Å². The smallest absolute Gasteiger partial charge is 0.364 e. The van der Waals surface area contributed by atoms with E-state index in [-0.39, 0.29) is 12.8 Å². The highest BCUT2D eigenvalue weighted by atomic mass is 35.5. The summed E-state index contributed by atoms with van der Waals surface area (Å²) in [4.78, 5) is 41.1. The summed E-state index contributed by atoms with van der Waals surface area (Å²) in [5.74, 6) is -0.250. The molecule has 3 N–H and O–H groups in total. The average molecular weight is 554 g/mol. The Morgan fingerprint density at radius 2 is 1.81 bits per heavy atom. The number of imidazole rings is 1. The molecule has 200 valence electrons. The topological polar surface area (TPSA) is 112 Å². The van der Waals surface area contributed by atoms with Gasteiger partial charge in [-0.15, -0.1) is 23.2 Å². The fourth-order valence-electron chi connectivity index (χ4n) is 3.95. The van der Waals surface area contributed by atoms with E-state index < -0.39 is 29.8 Å². The average Bonchev–Trinajstić information content (AvgIpc) is 3.19. The van der Waals surface area contributed by atoms with Gasteiger partial charge in [-0.2, -0.15) is 4.89 Å². The maximum Gasteiger partial charge on any atom is 0.364 e. The number of carbonyl (C=O) groups is 2. The number of nitrogens with two attached hydrogens (primary N) is 1. The number of nitrogens with one attached hydrogen (secondary N) is 1. The first-order valence-electron chi connectivity index (χ1n) is 11.6. The maximum atomic E-state index is 13.2. The van der Waals surface area contributed by atoms with E-state index in [1.54, 1.807) is 0 Å². The van der Waals surface area contributed by atoms with E-state index in [1.165, 1.54) is 31.4 Å². The Morgan fingerprint density at radius 3 is 2.43 bits per heavy atom. The number of aryl methyl sites for hydroxylation is 1. The Kier molecular flexibility index (Phi) is 10.5. The molecule has 1 amide bonds. The summed E-state index contributed by atoms with van der Waals surface area (Å²) in [5.41, 5.74) is 9.39. The SMILES string of the molecule is COOC(=O)[C@H](Cc1ccc(F)cc1)NC(=O)[C@@H](N)Cc1nc2cc(N(CCCl)CCCl)ccc2n1C. The zero-order valence-electron chi connectivity index (χ0n) is 20.6. The van der Waals surface area contributed by atoms with Crippen molar-refractivity contribution in [2.24, 2.45) is 12.8 Å². The van der Waals surface area contributed by atoms with Crippen LogP contribution in [-0.2, 0) is 39.3 Å². The number of carbonyl (C=O) groups excluding carboxylic acids is 2. The molecule has 1 aromatic heterocycles. The fraction of sp³-hybridized carbons (Fsp3) is 0.400. The maximum absolute atomic E-state index is 13.2. The third kappa shape index (κ3) is 7.54. The molecule has 0 fully saturated rings. The Bertz CT molecular complexity index is 1200. The van der Waals surface area contributed by atoms with Crippen LogP contribution >= 0.6 is 23.2 Å². The summed E-state index contributed by atoms with van der Waals surface area (Å²) in [5, 5.41) is 2.61. The van der Waals surface area contributed by atoms with Crippen LogP contribution < -0.4 is 16.0 Å². The first kappa shape index (κ1) is 28.6. The predicted molar refractivity (Wildman–Crippen MR) is 141 cm³/mol. The van der Waals surface area contributed by atoms with Crippen LogP contribution in [0.25, 0.3) is 11.0 Å². The van der Waals surface area contributed by atoms with Crippen molar-refractivity contribution >= 4 is 51.8 Å². The number of fused-ring (bicyclic) bond motifs is 1. The Morgan fingerprint density at radius 1 is 1.14 bits per heavy atom. The Hall–Kier alpha value is -2.92. The summed E-state index contributed by atoms with van der Waals surface area (Å²) in [6.07, 6.45) is 0.194. The van der Waals surface area contributed by atoms with E-state index in [1.807, 2.05) is 29.8 Å². The monoisotopic (exact) mass is 553 g/mol. The highest BCUT2D eigenvalue weighted by molar-refractivity contribution is 6.18. The molecule has 0 aliphatic carbocycles. The molecule has 0 unspecified atom stereocenters. The third-order valence-corrected chi connectivity index (χ3v) is 6.23. The lowest BCUT2D eigenvalue weighted by atomic mass is 10.1. The van der Waals surface area contributed by atoms with E-state index in [4.69, 9.17) is 28.9 Å². The molecule has 1 heterocycles. The molecule has 3 aromatic rings. The van der Waals surface area contributed by atoms with Crippen LogP contribution in [0.1, 0.15) is 11.4 Å². The van der Waals surface area contributed by atoms with Crippen molar-refractivity contribution < 1.29 is 23.8 Å². The number of halogens is 3. The molecule has 0 saturated heterocycles. The number of hydrogen-bond acceptors (Lipinski definition) is 7. The van der Waals surface area contributed by atoms with Crippen LogP contribution in [0, 0.1) is 5.82 Å². The van der Waals surface area contributed by atoms with Crippen molar-refractivity contribution in [3.05, 3.63) is 59.7 Å². The molecule has 0 aliphatic heterocycles. The van der Waals surface area contributed by atoms with Crippen molar-refractivity contribution in [1.82, 2.24) is 14.9 Å². The van der Waals surface area contributed by atoms with Crippen molar-refractivity contribution in [3.8, 4) is 0 Å². The fourth-order valence-corrected chi connectivity index (χ4v) is 4.36. The second kappa shape index (κ2) is 13.6. The number of amides is 1. The van der Waals surface area contributed by atoms with Gasteiger partial charge < -0.3 is 20.5 Å². The molecule has 0 saturated carbocycles. The lowest BCUT2D eigenvalue weighted by molar-refractivity contribution is -0.256. The van der Waals surface area contributed by atoms with Gasteiger partial charge in [-0.1, -0.05) is 12.1 Å². The van der Waals surface area contributed by atoms with Crippen molar-refractivity contribution in [3.63, 3.8) is 0 Å². The van der Waals surface area contributed by atoms with E-state index in [0.29, 0.717) is 36.2 Å². The molecular formula is C25H30Cl2FN5O4. The van der Waals surface area contributed by atoms with Crippen LogP contribution in [0.2, 0.25) is 0 Å². The lowest BCUT2D eigenvalue weighted by Gasteiger charge is -2.22. The molecule has 0 spiro atoms. The molecule has 3 rings (SSSR count). The van der Waals surface area contributed by atoms with Crippen LogP contribution in [-0.4, -0.2) is 65.5 Å². The van der Waals surface area contributed by atoms with Crippen LogP contribution in [0.3, 0.4) is 0 Å². The van der Waals surface area contributed by atoms with Gasteiger partial charge in [0.05, 0.1) is 24.2 Å². The van der Waals surface area contributed by atoms with E-state index in [0.717, 1.165) is 16.7 Å². The van der Waals surface area contributed by atoms with Crippen molar-refractivity contribution in [1.29, 1.82) is 0 Å². The molecule has 2 atom stereocenters. The minimum Gasteiger partial charge on any atom is -0.369 e. The summed E-state index contributed by atoms with van der Waals surface area (Å²) >= 11 is 11.9. The quantitative estimate of drug-likeness (QED) is 0.190. The summed E-state index contributed by atoms with van der Waals surface area (Å²) in [6, 6.07) is 9.36. The van der Waals surface area contributed by atoms with E-state index >= 15 is 0 Å². The second-order valence-corrected chi connectivity index (χ2v) is 9.15. The van der Waals surface area contributed by atoms with E-state index in [2.05, 4.69) is 25.0 Å². The Labute approximate surface area is 224 Å². The molecule has 9 nitrogen and oxygen atoms in total. The molecular weight excluding hydrogens is 524 g/mol. The number of rotatable bonds is 13. The first-order chi connectivity index (χ1) is 17.8. The van der Waals surface area contributed by atoms with Crippen LogP contribution in [0.4, 0.5) is 10.1 Å². The molecule has 2 aromatic carbocycles. The third-order valence-electron chi connectivity index (χ3n) is 5.89. The molecule has 0 bridgehead atoms. The van der Waals surface area contributed by atoms with E-state index in [9.17, 15) is 14.0 Å². The van der Waals surface area contributed by atoms with Gasteiger partial charge >= 0.3 is 5.97 Å². The highest BCUT2D eigenvalue weighted by Crippen LogP contribution is 2.23. The van der Waals surface area contributed by atoms with Gasteiger partial charge in [0.25, 0.3) is 0 Å². The largest absolute Gasteiger partial charge is 0.369 e. The molecule has 37 heavy (non-hydrogen) atoms. The minimum atomic E-state index is -1.08. The van der Waals surface area contributed by atoms with Gasteiger partial charge in [0.2, 0.25) is 5.91 Å². The van der Waals surface area contributed by atoms with Gasteiger partial charge in [0.1, 0.15) is 17.7 Å². The van der Waals surface area contributed by atoms with Crippen LogP contribution in [0.5, 0.6) is 0 Å². The second-order valence-electron chi connectivity index (χ2n) is 8.40. The van der Waals surface area contributed by atoms with Gasteiger partial charge in [0, 0.05) is 50.4 Å². The van der Waals surface area contributed by atoms with Gasteiger partial charge in [-0.3, -0.25) is 9.68 Å². The standard InChI is InChI=1S/C25H30Cl2FN5O4/c1-32-22-8-7-18(33(11-9-26)12-10-27)14-20(22)30-23(32)15-19(29)24(34)31-21(25(35)37-36-2)13-16-3-5-17(28)6-4-16/h3-8,14,19,21H,9-13,15,29H2,1-2H3,(H,31,34)/t19-,21-/m0/s1. The summed E-state index contributed by atoms with van der Waals surface area (Å²) in [7, 11) is 3.03.